The molecule has 94 valence electrons. The predicted octanol–water partition coefficient (Wildman–Crippen LogP) is 3.25. The first-order valence-electron chi connectivity index (χ1n) is 5.28. The Morgan fingerprint density at radius 3 is 2.72 bits per heavy atom. The van der Waals surface area contributed by atoms with Crippen molar-refractivity contribution in [1.82, 2.24) is 4.98 Å². The van der Waals surface area contributed by atoms with Crippen molar-refractivity contribution in [2.24, 2.45) is 0 Å². The summed E-state index contributed by atoms with van der Waals surface area (Å²) in [5, 5.41) is 3.59. The highest BCUT2D eigenvalue weighted by atomic mass is 35.5. The Kier molecular flexibility index (Phi) is 3.54. The monoisotopic (exact) mass is 281 g/mol. The maximum atomic E-state index is 12.1. The molecule has 2 rings (SSSR count). The van der Waals surface area contributed by atoms with E-state index in [-0.39, 0.29) is 11.5 Å². The molecule has 1 amide bonds. The van der Waals surface area contributed by atoms with Crippen molar-refractivity contribution in [3.05, 3.63) is 39.4 Å². The Morgan fingerprint density at radius 2 is 2.17 bits per heavy atom. The number of benzene rings is 1. The number of aromatic nitrogens is 1. The summed E-state index contributed by atoms with van der Waals surface area (Å²) in [6.07, 6.45) is 0. The normalized spacial score (nSPS) is 10.4. The van der Waals surface area contributed by atoms with Crippen LogP contribution in [0, 0.1) is 13.8 Å². The summed E-state index contributed by atoms with van der Waals surface area (Å²) in [4.78, 5) is 17.4. The largest absolute Gasteiger partial charge is 0.398 e. The SMILES string of the molecule is Cc1nc(NC(=O)c2c(N)cccc2Cl)sc1C. The molecule has 0 aliphatic heterocycles. The summed E-state index contributed by atoms with van der Waals surface area (Å²) in [5.74, 6) is -0.341. The second-order valence-electron chi connectivity index (χ2n) is 3.82. The third kappa shape index (κ3) is 2.47. The molecule has 2 aromatic rings. The predicted molar refractivity (Wildman–Crippen MR) is 75.4 cm³/mol. The van der Waals surface area contributed by atoms with Crippen LogP contribution in [-0.4, -0.2) is 10.9 Å². The number of carbonyl (C=O) groups is 1. The lowest BCUT2D eigenvalue weighted by Crippen LogP contribution is -2.14. The third-order valence-electron chi connectivity index (χ3n) is 2.52. The number of aryl methyl sites for hydroxylation is 2. The molecule has 1 aromatic carbocycles. The van der Waals surface area contributed by atoms with Crippen molar-refractivity contribution in [3.63, 3.8) is 0 Å². The van der Waals surface area contributed by atoms with Gasteiger partial charge in [0.15, 0.2) is 5.13 Å². The van der Waals surface area contributed by atoms with Crippen molar-refractivity contribution in [2.45, 2.75) is 13.8 Å². The summed E-state index contributed by atoms with van der Waals surface area (Å²) in [6, 6.07) is 4.97. The summed E-state index contributed by atoms with van der Waals surface area (Å²) in [5.41, 5.74) is 7.29. The second kappa shape index (κ2) is 4.96. The number of hydrogen-bond donors (Lipinski definition) is 2. The molecule has 0 fully saturated rings. The zero-order valence-corrected chi connectivity index (χ0v) is 11.5. The Labute approximate surface area is 114 Å². The fourth-order valence-electron chi connectivity index (χ4n) is 1.47. The van der Waals surface area contributed by atoms with E-state index in [9.17, 15) is 4.79 Å². The van der Waals surface area contributed by atoms with Crippen LogP contribution in [0.15, 0.2) is 18.2 Å². The molecular formula is C12H12ClN3OS. The van der Waals surface area contributed by atoms with Crippen molar-refractivity contribution >= 4 is 39.7 Å². The first kappa shape index (κ1) is 12.9. The molecule has 6 heteroatoms. The molecule has 3 N–H and O–H groups in total. The Balaban J connectivity index is 2.27. The van der Waals surface area contributed by atoms with Gasteiger partial charge in [-0.1, -0.05) is 17.7 Å². The number of nitrogens with zero attached hydrogens (tertiary/aromatic N) is 1. The molecule has 0 bridgehead atoms. The number of nitrogens with one attached hydrogen (secondary N) is 1. The van der Waals surface area contributed by atoms with Crippen LogP contribution in [0.4, 0.5) is 10.8 Å². The molecule has 0 spiro atoms. The number of hydrogen-bond acceptors (Lipinski definition) is 4. The molecular weight excluding hydrogens is 270 g/mol. The highest BCUT2D eigenvalue weighted by Gasteiger charge is 2.15. The van der Waals surface area contributed by atoms with Gasteiger partial charge in [-0.25, -0.2) is 4.98 Å². The summed E-state index contributed by atoms with van der Waals surface area (Å²) in [6.45, 7) is 3.85. The van der Waals surface area contributed by atoms with E-state index in [2.05, 4.69) is 10.3 Å². The molecule has 4 nitrogen and oxygen atoms in total. The summed E-state index contributed by atoms with van der Waals surface area (Å²) >= 11 is 7.39. The van der Waals surface area contributed by atoms with Gasteiger partial charge in [0.25, 0.3) is 5.91 Å². The van der Waals surface area contributed by atoms with Gasteiger partial charge in [0, 0.05) is 10.6 Å². The van der Waals surface area contributed by atoms with Gasteiger partial charge in [0.05, 0.1) is 16.3 Å². The zero-order valence-electron chi connectivity index (χ0n) is 9.95. The lowest BCUT2D eigenvalue weighted by molar-refractivity contribution is 0.102. The third-order valence-corrected chi connectivity index (χ3v) is 3.83. The van der Waals surface area contributed by atoms with Crippen molar-refractivity contribution < 1.29 is 4.79 Å². The molecule has 0 saturated heterocycles. The quantitative estimate of drug-likeness (QED) is 0.830. The van der Waals surface area contributed by atoms with Crippen molar-refractivity contribution in [3.8, 4) is 0 Å². The van der Waals surface area contributed by atoms with Gasteiger partial charge in [-0.15, -0.1) is 11.3 Å². The van der Waals surface area contributed by atoms with Crippen LogP contribution in [0.5, 0.6) is 0 Å². The van der Waals surface area contributed by atoms with Crippen LogP contribution in [0.1, 0.15) is 20.9 Å². The standard InChI is InChI=1S/C12H12ClN3OS/c1-6-7(2)18-12(15-6)16-11(17)10-8(13)4-3-5-9(10)14/h3-5H,14H2,1-2H3,(H,15,16,17). The van der Waals surface area contributed by atoms with Gasteiger partial charge >= 0.3 is 0 Å². The first-order valence-corrected chi connectivity index (χ1v) is 6.48. The number of nitrogen functional groups attached to an aromatic ring is 1. The topological polar surface area (TPSA) is 68.0 Å². The molecule has 0 saturated carbocycles. The van der Waals surface area contributed by atoms with E-state index < -0.39 is 0 Å². The van der Waals surface area contributed by atoms with Crippen LogP contribution in [0.2, 0.25) is 5.02 Å². The minimum atomic E-state index is -0.341. The van der Waals surface area contributed by atoms with E-state index >= 15 is 0 Å². The zero-order chi connectivity index (χ0) is 13.3. The average molecular weight is 282 g/mol. The number of thiazole rings is 1. The van der Waals surface area contributed by atoms with E-state index in [1.165, 1.54) is 11.3 Å². The van der Waals surface area contributed by atoms with E-state index in [4.69, 9.17) is 17.3 Å². The van der Waals surface area contributed by atoms with Gasteiger partial charge in [0.2, 0.25) is 0 Å². The maximum absolute atomic E-state index is 12.1. The van der Waals surface area contributed by atoms with Crippen LogP contribution in [0.25, 0.3) is 0 Å². The second-order valence-corrected chi connectivity index (χ2v) is 5.43. The summed E-state index contributed by atoms with van der Waals surface area (Å²) < 4.78 is 0. The molecule has 1 aromatic heterocycles. The van der Waals surface area contributed by atoms with E-state index in [0.717, 1.165) is 10.6 Å². The number of amides is 1. The molecule has 18 heavy (non-hydrogen) atoms. The number of anilines is 2. The maximum Gasteiger partial charge on any atom is 0.261 e. The van der Waals surface area contributed by atoms with Crippen molar-refractivity contribution in [1.29, 1.82) is 0 Å². The average Bonchev–Trinajstić information content (AvgIpc) is 2.57. The molecule has 0 radical (unpaired) electrons. The van der Waals surface area contributed by atoms with E-state index in [0.29, 0.717) is 15.8 Å². The van der Waals surface area contributed by atoms with Crippen LogP contribution in [-0.2, 0) is 0 Å². The summed E-state index contributed by atoms with van der Waals surface area (Å²) in [7, 11) is 0. The van der Waals surface area contributed by atoms with Crippen LogP contribution >= 0.6 is 22.9 Å². The number of halogens is 1. The molecule has 0 unspecified atom stereocenters. The smallest absolute Gasteiger partial charge is 0.261 e. The van der Waals surface area contributed by atoms with Crippen LogP contribution in [0.3, 0.4) is 0 Å². The van der Waals surface area contributed by atoms with Gasteiger partial charge in [0.1, 0.15) is 0 Å². The highest BCUT2D eigenvalue weighted by Crippen LogP contribution is 2.25. The molecule has 0 aliphatic carbocycles. The lowest BCUT2D eigenvalue weighted by Gasteiger charge is -2.06. The van der Waals surface area contributed by atoms with Crippen LogP contribution < -0.4 is 11.1 Å². The Bertz CT molecular complexity index is 570. The van der Waals surface area contributed by atoms with Crippen molar-refractivity contribution in [2.75, 3.05) is 11.1 Å². The number of nitrogens with two attached hydrogens (primary N) is 1. The Morgan fingerprint density at radius 1 is 1.44 bits per heavy atom. The lowest BCUT2D eigenvalue weighted by atomic mass is 10.1. The van der Waals surface area contributed by atoms with E-state index in [1.54, 1.807) is 18.2 Å². The van der Waals surface area contributed by atoms with Gasteiger partial charge in [-0.3, -0.25) is 10.1 Å². The minimum absolute atomic E-state index is 0.282. The number of carbonyl (C=O) groups excluding carboxylic acids is 1. The number of rotatable bonds is 2. The highest BCUT2D eigenvalue weighted by molar-refractivity contribution is 7.15. The molecule has 0 atom stereocenters. The fraction of sp³-hybridized carbons (Fsp3) is 0.167. The fourth-order valence-corrected chi connectivity index (χ4v) is 2.54. The molecule has 0 aliphatic rings. The van der Waals surface area contributed by atoms with E-state index in [1.807, 2.05) is 13.8 Å². The minimum Gasteiger partial charge on any atom is -0.398 e. The molecule has 1 heterocycles. The van der Waals surface area contributed by atoms with Gasteiger partial charge in [-0.05, 0) is 26.0 Å². The van der Waals surface area contributed by atoms with Gasteiger partial charge in [-0.2, -0.15) is 0 Å². The Hall–Kier alpha value is -1.59. The first-order chi connectivity index (χ1) is 8.49. The van der Waals surface area contributed by atoms with Gasteiger partial charge < -0.3 is 5.73 Å².